The number of fused-ring (bicyclic) bond motifs is 2. The van der Waals surface area contributed by atoms with Crippen molar-refractivity contribution in [1.82, 2.24) is 14.1 Å². The molecule has 0 spiro atoms. The van der Waals surface area contributed by atoms with Crippen LogP contribution in [0.2, 0.25) is 0 Å². The Bertz CT molecular complexity index is 1300. The molecule has 1 fully saturated rings. The highest BCUT2D eigenvalue weighted by molar-refractivity contribution is 5.91. The van der Waals surface area contributed by atoms with Gasteiger partial charge in [-0.25, -0.2) is 4.98 Å². The Labute approximate surface area is 167 Å². The molecule has 4 heterocycles. The van der Waals surface area contributed by atoms with Crippen LogP contribution in [-0.4, -0.2) is 26.8 Å². The van der Waals surface area contributed by atoms with Crippen LogP contribution in [-0.2, 0) is 17.8 Å². The van der Waals surface area contributed by atoms with Gasteiger partial charge in [-0.15, -0.1) is 0 Å². The third kappa shape index (κ3) is 3.36. The number of hydrogen-bond acceptors (Lipinski definition) is 4. The molecule has 0 aliphatic carbocycles. The maximum absolute atomic E-state index is 13.0. The van der Waals surface area contributed by atoms with Crippen LogP contribution in [0.5, 0.6) is 0 Å². The lowest BCUT2D eigenvalue weighted by atomic mass is 10.1. The van der Waals surface area contributed by atoms with Crippen LogP contribution in [0.3, 0.4) is 0 Å². The summed E-state index contributed by atoms with van der Waals surface area (Å²) in [6.07, 6.45) is 5.59. The van der Waals surface area contributed by atoms with Gasteiger partial charge in [0.1, 0.15) is 0 Å². The number of rotatable bonds is 4. The largest absolute Gasteiger partial charge is 0.376 e. The molecular formula is C23H21N3O3. The molecule has 6 heteroatoms. The molecule has 6 nitrogen and oxygen atoms in total. The lowest BCUT2D eigenvalue weighted by Crippen LogP contribution is -2.26. The summed E-state index contributed by atoms with van der Waals surface area (Å²) in [7, 11) is 0. The van der Waals surface area contributed by atoms with Crippen LogP contribution in [0.15, 0.2) is 70.5 Å². The summed E-state index contributed by atoms with van der Waals surface area (Å²) in [4.78, 5) is 30.6. The van der Waals surface area contributed by atoms with Gasteiger partial charge in [0.15, 0.2) is 0 Å². The molecule has 5 rings (SSSR count). The predicted molar refractivity (Wildman–Crippen MR) is 112 cm³/mol. The minimum Gasteiger partial charge on any atom is -0.376 e. The first kappa shape index (κ1) is 17.8. The summed E-state index contributed by atoms with van der Waals surface area (Å²) in [5, 5.41) is 0.926. The fourth-order valence-corrected chi connectivity index (χ4v) is 3.96. The Hall–Kier alpha value is -3.25. The van der Waals surface area contributed by atoms with Gasteiger partial charge < -0.3 is 13.9 Å². The van der Waals surface area contributed by atoms with Crippen molar-refractivity contribution in [2.75, 3.05) is 6.61 Å². The van der Waals surface area contributed by atoms with Crippen molar-refractivity contribution >= 4 is 21.8 Å². The fraction of sp³-hybridized carbons (Fsp3) is 0.261. The molecule has 1 aliphatic rings. The van der Waals surface area contributed by atoms with Gasteiger partial charge in [-0.3, -0.25) is 9.59 Å². The minimum atomic E-state index is -0.144. The number of hydrogen-bond donors (Lipinski definition) is 0. The molecule has 1 aliphatic heterocycles. The summed E-state index contributed by atoms with van der Waals surface area (Å²) in [5.41, 5.74) is 1.97. The average molecular weight is 387 g/mol. The highest BCUT2D eigenvalue weighted by Gasteiger charge is 2.17. The summed E-state index contributed by atoms with van der Waals surface area (Å²) >= 11 is 0. The molecule has 0 bridgehead atoms. The normalized spacial score (nSPS) is 16.6. The van der Waals surface area contributed by atoms with E-state index in [2.05, 4.69) is 4.98 Å². The van der Waals surface area contributed by atoms with Gasteiger partial charge >= 0.3 is 0 Å². The summed E-state index contributed by atoms with van der Waals surface area (Å²) in [6, 6.07) is 15.2. The summed E-state index contributed by atoms with van der Waals surface area (Å²) < 4.78 is 8.97. The van der Waals surface area contributed by atoms with Crippen molar-refractivity contribution in [3.63, 3.8) is 0 Å². The number of benzene rings is 1. The summed E-state index contributed by atoms with van der Waals surface area (Å²) in [6.45, 7) is 1.76. The Morgan fingerprint density at radius 2 is 1.62 bits per heavy atom. The zero-order chi connectivity index (χ0) is 19.8. The average Bonchev–Trinajstić information content (AvgIpc) is 3.26. The van der Waals surface area contributed by atoms with Crippen molar-refractivity contribution in [2.45, 2.75) is 32.0 Å². The van der Waals surface area contributed by atoms with E-state index in [4.69, 9.17) is 4.74 Å². The van der Waals surface area contributed by atoms with Crippen LogP contribution < -0.4 is 11.1 Å². The number of ether oxygens (including phenoxy) is 1. The Kier molecular flexibility index (Phi) is 4.48. The monoisotopic (exact) mass is 387 g/mol. The molecule has 146 valence electrons. The second-order valence-corrected chi connectivity index (χ2v) is 7.50. The van der Waals surface area contributed by atoms with E-state index in [9.17, 15) is 9.59 Å². The smallest absolute Gasteiger partial charge is 0.260 e. The first-order valence-electron chi connectivity index (χ1n) is 9.88. The van der Waals surface area contributed by atoms with Gasteiger partial charge in [-0.1, -0.05) is 30.3 Å². The maximum atomic E-state index is 13.0. The first-order valence-corrected chi connectivity index (χ1v) is 9.88. The van der Waals surface area contributed by atoms with Crippen LogP contribution in [0.1, 0.15) is 18.4 Å². The molecule has 0 radical (unpaired) electrons. The van der Waals surface area contributed by atoms with E-state index in [0.29, 0.717) is 34.9 Å². The van der Waals surface area contributed by atoms with E-state index in [1.54, 1.807) is 27.6 Å². The Morgan fingerprint density at radius 1 is 0.931 bits per heavy atom. The van der Waals surface area contributed by atoms with Crippen LogP contribution in [0.25, 0.3) is 21.8 Å². The van der Waals surface area contributed by atoms with Crippen LogP contribution in [0.4, 0.5) is 0 Å². The van der Waals surface area contributed by atoms with Crippen LogP contribution >= 0.6 is 0 Å². The van der Waals surface area contributed by atoms with Gasteiger partial charge in [-0.2, -0.15) is 0 Å². The molecule has 1 saturated heterocycles. The van der Waals surface area contributed by atoms with Crippen LogP contribution in [0, 0.1) is 0 Å². The molecule has 0 unspecified atom stereocenters. The third-order valence-electron chi connectivity index (χ3n) is 5.51. The highest BCUT2D eigenvalue weighted by atomic mass is 16.5. The molecule has 4 aromatic rings. The van der Waals surface area contributed by atoms with Crippen molar-refractivity contribution in [2.24, 2.45) is 0 Å². The lowest BCUT2D eigenvalue weighted by molar-refractivity contribution is 0.0963. The van der Waals surface area contributed by atoms with Crippen molar-refractivity contribution in [1.29, 1.82) is 0 Å². The van der Waals surface area contributed by atoms with Gasteiger partial charge in [-0.05, 0) is 36.6 Å². The van der Waals surface area contributed by atoms with E-state index in [1.165, 1.54) is 0 Å². The minimum absolute atomic E-state index is 0.0710. The van der Waals surface area contributed by atoms with Crippen molar-refractivity contribution < 1.29 is 4.74 Å². The van der Waals surface area contributed by atoms with Crippen molar-refractivity contribution in [3.8, 4) is 0 Å². The topological polar surface area (TPSA) is 66.1 Å². The number of aromatic nitrogens is 3. The lowest BCUT2D eigenvalue weighted by Gasteiger charge is -2.13. The van der Waals surface area contributed by atoms with Gasteiger partial charge in [0.25, 0.3) is 11.1 Å². The van der Waals surface area contributed by atoms with Gasteiger partial charge in [0.05, 0.1) is 41.0 Å². The van der Waals surface area contributed by atoms with Crippen molar-refractivity contribution in [3.05, 3.63) is 87.2 Å². The first-order chi connectivity index (χ1) is 14.2. The molecule has 1 atom stereocenters. The van der Waals surface area contributed by atoms with E-state index in [0.717, 1.165) is 25.0 Å². The fourth-order valence-electron chi connectivity index (χ4n) is 3.96. The molecule has 0 N–H and O–H groups in total. The van der Waals surface area contributed by atoms with E-state index in [-0.39, 0.29) is 17.2 Å². The molecule has 1 aromatic carbocycles. The van der Waals surface area contributed by atoms with E-state index >= 15 is 0 Å². The zero-order valence-electron chi connectivity index (χ0n) is 16.0. The van der Waals surface area contributed by atoms with E-state index in [1.807, 2.05) is 42.5 Å². The second kappa shape index (κ2) is 7.29. The standard InChI is InChI=1S/C23H21N3O3/c27-22-18-13-19-21(9-11-26(23(19)28)15-17-7-4-12-29-17)24-20(18)8-10-25(22)14-16-5-2-1-3-6-16/h1-3,5-6,8-11,13,17H,4,7,12,14-15H2/t17-/m0/s1. The third-order valence-corrected chi connectivity index (χ3v) is 5.51. The molecule has 29 heavy (non-hydrogen) atoms. The number of pyridine rings is 3. The summed E-state index contributed by atoms with van der Waals surface area (Å²) in [5.74, 6) is 0. The van der Waals surface area contributed by atoms with Gasteiger partial charge in [0.2, 0.25) is 0 Å². The maximum Gasteiger partial charge on any atom is 0.260 e. The molecule has 3 aromatic heterocycles. The SMILES string of the molecule is O=c1c2cc3c(=O)n(C[C@@H]4CCCO4)ccc3nc2ccn1Cc1ccccc1. The quantitative estimate of drug-likeness (QED) is 0.505. The highest BCUT2D eigenvalue weighted by Crippen LogP contribution is 2.17. The molecular weight excluding hydrogens is 366 g/mol. The molecule has 0 amide bonds. The number of nitrogens with zero attached hydrogens (tertiary/aromatic N) is 3. The second-order valence-electron chi connectivity index (χ2n) is 7.50. The Balaban J connectivity index is 1.60. The zero-order valence-corrected chi connectivity index (χ0v) is 16.0. The van der Waals surface area contributed by atoms with Gasteiger partial charge in [0, 0.05) is 19.0 Å². The molecule has 0 saturated carbocycles. The Morgan fingerprint density at radius 3 is 2.31 bits per heavy atom. The predicted octanol–water partition coefficient (Wildman–Crippen LogP) is 2.94. The van der Waals surface area contributed by atoms with E-state index < -0.39 is 0 Å².